The molecule has 5 nitrogen and oxygen atoms in total. The highest BCUT2D eigenvalue weighted by Gasteiger charge is 2.37. The number of amides is 1. The quantitative estimate of drug-likeness (QED) is 0.739. The van der Waals surface area contributed by atoms with E-state index in [1.807, 2.05) is 18.2 Å². The first kappa shape index (κ1) is 15.8. The number of carbonyl (C=O) groups excluding carboxylic acids is 1. The van der Waals surface area contributed by atoms with Crippen molar-refractivity contribution in [3.8, 4) is 0 Å². The third-order valence-corrected chi connectivity index (χ3v) is 3.90. The molecule has 0 aromatic heterocycles. The zero-order chi connectivity index (χ0) is 15.1. The van der Waals surface area contributed by atoms with Gasteiger partial charge in [0.25, 0.3) is 0 Å². The number of carbonyl (C=O) groups is 1. The second-order valence-electron chi connectivity index (χ2n) is 5.48. The number of anilines is 1. The summed E-state index contributed by atoms with van der Waals surface area (Å²) < 4.78 is 5.21. The Bertz CT molecular complexity index is 444. The van der Waals surface area contributed by atoms with Crippen LogP contribution in [0.5, 0.6) is 0 Å². The molecule has 0 spiro atoms. The molecular weight excluding hydrogens is 266 g/mol. The largest absolute Gasteiger partial charge is 0.379 e. The zero-order valence-corrected chi connectivity index (χ0v) is 12.7. The fraction of sp³-hybridized carbons (Fsp3) is 0.562. The highest BCUT2D eigenvalue weighted by Crippen LogP contribution is 2.15. The number of benzene rings is 1. The van der Waals surface area contributed by atoms with Crippen LogP contribution in [0, 0.1) is 0 Å². The molecule has 1 aromatic rings. The molecule has 21 heavy (non-hydrogen) atoms. The maximum atomic E-state index is 12.0. The second kappa shape index (κ2) is 7.43. The van der Waals surface area contributed by atoms with Crippen molar-refractivity contribution in [1.29, 1.82) is 0 Å². The van der Waals surface area contributed by atoms with Gasteiger partial charge in [-0.05, 0) is 31.9 Å². The van der Waals surface area contributed by atoms with Gasteiger partial charge in [-0.3, -0.25) is 4.79 Å². The first-order valence-corrected chi connectivity index (χ1v) is 7.60. The molecule has 1 atom stereocenters. The summed E-state index contributed by atoms with van der Waals surface area (Å²) in [6.07, 6.45) is 1.50. The summed E-state index contributed by atoms with van der Waals surface area (Å²) in [4.78, 5) is 14.3. The number of nitrogens with one attached hydrogen (secondary N) is 1. The number of hydrogen-bond acceptors (Lipinski definition) is 4. The van der Waals surface area contributed by atoms with E-state index in [2.05, 4.69) is 29.3 Å². The summed E-state index contributed by atoms with van der Waals surface area (Å²) in [5.74, 6) is -0.0947. The van der Waals surface area contributed by atoms with E-state index in [1.54, 1.807) is 0 Å². The van der Waals surface area contributed by atoms with Crippen molar-refractivity contribution < 1.29 is 9.53 Å². The summed E-state index contributed by atoms with van der Waals surface area (Å²) in [5, 5.41) is 2.93. The predicted molar refractivity (Wildman–Crippen MR) is 84.3 cm³/mol. The van der Waals surface area contributed by atoms with E-state index < -0.39 is 5.54 Å². The normalized spacial score (nSPS) is 21.2. The first-order chi connectivity index (χ1) is 10.2. The average Bonchev–Trinajstić information content (AvgIpc) is 2.96. The van der Waals surface area contributed by atoms with E-state index >= 15 is 0 Å². The minimum atomic E-state index is -0.829. The van der Waals surface area contributed by atoms with Crippen molar-refractivity contribution in [2.24, 2.45) is 5.73 Å². The van der Waals surface area contributed by atoms with Crippen LogP contribution in [0.1, 0.15) is 19.8 Å². The van der Waals surface area contributed by atoms with E-state index in [1.165, 1.54) is 5.69 Å². The van der Waals surface area contributed by atoms with Gasteiger partial charge in [0.2, 0.25) is 5.91 Å². The van der Waals surface area contributed by atoms with Crippen molar-refractivity contribution in [1.82, 2.24) is 5.32 Å². The lowest BCUT2D eigenvalue weighted by Gasteiger charge is -2.24. The van der Waals surface area contributed by atoms with Gasteiger partial charge in [0.1, 0.15) is 5.54 Å². The van der Waals surface area contributed by atoms with Crippen LogP contribution in [0.25, 0.3) is 0 Å². The van der Waals surface area contributed by atoms with E-state index in [0.29, 0.717) is 26.2 Å². The van der Waals surface area contributed by atoms with Crippen LogP contribution in [0.2, 0.25) is 0 Å². The van der Waals surface area contributed by atoms with Gasteiger partial charge >= 0.3 is 0 Å². The van der Waals surface area contributed by atoms with Gasteiger partial charge in [-0.25, -0.2) is 0 Å². The predicted octanol–water partition coefficient (Wildman–Crippen LogP) is 1.14. The van der Waals surface area contributed by atoms with Gasteiger partial charge in [-0.15, -0.1) is 0 Å². The third-order valence-electron chi connectivity index (χ3n) is 3.90. The highest BCUT2D eigenvalue weighted by atomic mass is 16.5. The van der Waals surface area contributed by atoms with Gasteiger partial charge in [0.05, 0.1) is 6.61 Å². The Labute approximate surface area is 126 Å². The van der Waals surface area contributed by atoms with Crippen molar-refractivity contribution in [3.05, 3.63) is 30.3 Å². The van der Waals surface area contributed by atoms with E-state index in [-0.39, 0.29) is 5.91 Å². The summed E-state index contributed by atoms with van der Waals surface area (Å²) in [7, 11) is 0. The fourth-order valence-electron chi connectivity index (χ4n) is 2.52. The van der Waals surface area contributed by atoms with E-state index in [0.717, 1.165) is 19.5 Å². The lowest BCUT2D eigenvalue weighted by Crippen LogP contribution is -2.54. The number of nitrogens with zero attached hydrogens (tertiary/aromatic N) is 1. The summed E-state index contributed by atoms with van der Waals surface area (Å²) in [6.45, 7) is 5.53. The van der Waals surface area contributed by atoms with Crippen LogP contribution in [0.4, 0.5) is 5.69 Å². The van der Waals surface area contributed by atoms with Crippen molar-refractivity contribution >= 4 is 11.6 Å². The Balaban J connectivity index is 1.72. The standard InChI is InChI=1S/C16H25N3O2/c1-2-19(14-7-4-3-5-8-14)11-6-10-18-15(20)16(17)9-12-21-13-16/h3-5,7-8H,2,6,9-13,17H2,1H3,(H,18,20). The third kappa shape index (κ3) is 4.19. The van der Waals surface area contributed by atoms with Crippen LogP contribution in [0.15, 0.2) is 30.3 Å². The molecule has 1 aliphatic rings. The smallest absolute Gasteiger partial charge is 0.242 e. The molecule has 1 saturated heterocycles. The fourth-order valence-corrected chi connectivity index (χ4v) is 2.52. The van der Waals surface area contributed by atoms with Gasteiger partial charge < -0.3 is 20.7 Å². The molecule has 0 saturated carbocycles. The molecule has 0 bridgehead atoms. The first-order valence-electron chi connectivity index (χ1n) is 7.60. The van der Waals surface area contributed by atoms with Crippen molar-refractivity contribution in [2.75, 3.05) is 37.7 Å². The van der Waals surface area contributed by atoms with Gasteiger partial charge in [0.15, 0.2) is 0 Å². The average molecular weight is 291 g/mol. The zero-order valence-electron chi connectivity index (χ0n) is 12.7. The monoisotopic (exact) mass is 291 g/mol. The second-order valence-corrected chi connectivity index (χ2v) is 5.48. The van der Waals surface area contributed by atoms with Crippen LogP contribution in [0.3, 0.4) is 0 Å². The van der Waals surface area contributed by atoms with Crippen LogP contribution < -0.4 is 16.0 Å². The van der Waals surface area contributed by atoms with Crippen LogP contribution in [-0.4, -0.2) is 44.3 Å². The van der Waals surface area contributed by atoms with Gasteiger partial charge in [-0.2, -0.15) is 0 Å². The highest BCUT2D eigenvalue weighted by molar-refractivity contribution is 5.86. The van der Waals surface area contributed by atoms with Gasteiger partial charge in [-0.1, -0.05) is 18.2 Å². The maximum absolute atomic E-state index is 12.0. The van der Waals surface area contributed by atoms with Crippen molar-refractivity contribution in [3.63, 3.8) is 0 Å². The molecular formula is C16H25N3O2. The molecule has 1 amide bonds. The Hall–Kier alpha value is -1.59. The summed E-state index contributed by atoms with van der Waals surface area (Å²) in [6, 6.07) is 10.3. The SMILES string of the molecule is CCN(CCCNC(=O)C1(N)CCOC1)c1ccccc1. The Kier molecular flexibility index (Phi) is 5.59. The molecule has 5 heteroatoms. The number of nitrogens with two attached hydrogens (primary N) is 1. The summed E-state index contributed by atoms with van der Waals surface area (Å²) in [5.41, 5.74) is 6.40. The molecule has 1 aliphatic heterocycles. The van der Waals surface area contributed by atoms with E-state index in [4.69, 9.17) is 10.5 Å². The molecule has 3 N–H and O–H groups in total. The Morgan fingerprint density at radius 2 is 2.19 bits per heavy atom. The molecule has 1 aromatic carbocycles. The van der Waals surface area contributed by atoms with E-state index in [9.17, 15) is 4.79 Å². The lowest BCUT2D eigenvalue weighted by molar-refractivity contribution is -0.126. The molecule has 116 valence electrons. The molecule has 0 aliphatic carbocycles. The molecule has 1 heterocycles. The number of para-hydroxylation sites is 1. The maximum Gasteiger partial charge on any atom is 0.242 e. The molecule has 0 radical (unpaired) electrons. The molecule has 1 unspecified atom stereocenters. The lowest BCUT2D eigenvalue weighted by atomic mass is 9.99. The van der Waals surface area contributed by atoms with Crippen LogP contribution in [-0.2, 0) is 9.53 Å². The molecule has 1 fully saturated rings. The number of rotatable bonds is 7. The minimum absolute atomic E-state index is 0.0947. The number of ether oxygens (including phenoxy) is 1. The summed E-state index contributed by atoms with van der Waals surface area (Å²) >= 11 is 0. The van der Waals surface area contributed by atoms with Gasteiger partial charge in [0, 0.05) is 31.9 Å². The topological polar surface area (TPSA) is 67.6 Å². The minimum Gasteiger partial charge on any atom is -0.379 e. The number of hydrogen-bond donors (Lipinski definition) is 2. The van der Waals surface area contributed by atoms with Crippen molar-refractivity contribution in [2.45, 2.75) is 25.3 Å². The Morgan fingerprint density at radius 1 is 1.43 bits per heavy atom. The van der Waals surface area contributed by atoms with Crippen LogP contribution >= 0.6 is 0 Å². The molecule has 2 rings (SSSR count). The Morgan fingerprint density at radius 3 is 2.81 bits per heavy atom.